The smallest absolute Gasteiger partial charge is 0.321 e. The number of nitrogens with zero attached hydrogens (tertiary/aromatic N) is 1. The molecule has 0 radical (unpaired) electrons. The summed E-state index contributed by atoms with van der Waals surface area (Å²) < 4.78 is 0. The van der Waals surface area contributed by atoms with Crippen LogP contribution >= 0.6 is 0 Å². The molecular weight excluding hydrogens is 352 g/mol. The zero-order valence-electron chi connectivity index (χ0n) is 15.7. The van der Waals surface area contributed by atoms with Crippen LogP contribution in [0.5, 0.6) is 0 Å². The molecule has 3 amide bonds. The Labute approximate surface area is 163 Å². The van der Waals surface area contributed by atoms with E-state index in [0.29, 0.717) is 19.5 Å². The van der Waals surface area contributed by atoms with E-state index in [-0.39, 0.29) is 18.0 Å². The maximum atomic E-state index is 12.5. The fraction of sp³-hybridized carbons (Fsp3) is 0.273. The number of benzene rings is 2. The van der Waals surface area contributed by atoms with Gasteiger partial charge in [0.15, 0.2) is 0 Å². The van der Waals surface area contributed by atoms with Gasteiger partial charge in [-0.3, -0.25) is 4.79 Å². The molecule has 0 unspecified atom stereocenters. The Hall–Kier alpha value is -3.28. The molecule has 144 valence electrons. The molecule has 0 bridgehead atoms. The molecule has 1 aromatic heterocycles. The molecule has 1 aliphatic rings. The highest BCUT2D eigenvalue weighted by atomic mass is 16.2. The Kier molecular flexibility index (Phi) is 5.28. The van der Waals surface area contributed by atoms with Crippen LogP contribution in [0, 0.1) is 0 Å². The van der Waals surface area contributed by atoms with E-state index < -0.39 is 0 Å². The van der Waals surface area contributed by atoms with E-state index in [4.69, 9.17) is 0 Å². The number of amides is 3. The van der Waals surface area contributed by atoms with Crippen molar-refractivity contribution in [1.82, 2.24) is 15.2 Å². The average molecular weight is 376 g/mol. The summed E-state index contributed by atoms with van der Waals surface area (Å²) in [5.41, 5.74) is 2.84. The van der Waals surface area contributed by atoms with Crippen molar-refractivity contribution in [1.29, 1.82) is 0 Å². The van der Waals surface area contributed by atoms with Gasteiger partial charge in [0.1, 0.15) is 0 Å². The Morgan fingerprint density at radius 2 is 1.71 bits per heavy atom. The summed E-state index contributed by atoms with van der Waals surface area (Å²) in [6.45, 7) is 1.27. The minimum Gasteiger partial charge on any atom is -0.361 e. The van der Waals surface area contributed by atoms with Crippen molar-refractivity contribution in [3.8, 4) is 0 Å². The second kappa shape index (κ2) is 8.17. The molecule has 28 heavy (non-hydrogen) atoms. The number of aromatic nitrogens is 1. The Morgan fingerprint density at radius 3 is 2.50 bits per heavy atom. The van der Waals surface area contributed by atoms with E-state index in [0.717, 1.165) is 35.0 Å². The number of rotatable bonds is 4. The summed E-state index contributed by atoms with van der Waals surface area (Å²) in [4.78, 5) is 29.8. The molecular formula is C22H24N4O2. The van der Waals surface area contributed by atoms with Gasteiger partial charge in [-0.15, -0.1) is 0 Å². The van der Waals surface area contributed by atoms with Crippen LogP contribution in [0.4, 0.5) is 10.5 Å². The topological polar surface area (TPSA) is 77.2 Å². The van der Waals surface area contributed by atoms with Crippen molar-refractivity contribution < 1.29 is 9.59 Å². The highest BCUT2D eigenvalue weighted by molar-refractivity contribution is 5.90. The number of likely N-dealkylation sites (tertiary alicyclic amines) is 1. The number of hydrogen-bond donors (Lipinski definition) is 3. The molecule has 0 spiro atoms. The number of H-pyrrole nitrogens is 1. The first-order valence-electron chi connectivity index (χ1n) is 9.64. The first kappa shape index (κ1) is 18.1. The molecule has 0 saturated carbocycles. The number of para-hydroxylation sites is 2. The lowest BCUT2D eigenvalue weighted by molar-refractivity contribution is -0.121. The summed E-state index contributed by atoms with van der Waals surface area (Å²) in [6.07, 6.45) is 3.79. The summed E-state index contributed by atoms with van der Waals surface area (Å²) in [7, 11) is 0. The number of fused-ring (bicyclic) bond motifs is 1. The molecule has 3 N–H and O–H groups in total. The Bertz CT molecular complexity index is 959. The summed E-state index contributed by atoms with van der Waals surface area (Å²) in [5.74, 6) is 0.0249. The van der Waals surface area contributed by atoms with E-state index in [1.54, 1.807) is 4.90 Å². The van der Waals surface area contributed by atoms with Crippen molar-refractivity contribution in [2.24, 2.45) is 0 Å². The molecule has 1 fully saturated rings. The van der Waals surface area contributed by atoms with Crippen LogP contribution in [-0.2, 0) is 11.2 Å². The van der Waals surface area contributed by atoms with Crippen LogP contribution in [0.15, 0.2) is 60.8 Å². The first-order valence-corrected chi connectivity index (χ1v) is 9.64. The van der Waals surface area contributed by atoms with Gasteiger partial charge >= 0.3 is 6.03 Å². The van der Waals surface area contributed by atoms with Gasteiger partial charge in [-0.25, -0.2) is 4.79 Å². The summed E-state index contributed by atoms with van der Waals surface area (Å²) in [6, 6.07) is 17.5. The standard InChI is InChI=1S/C22H24N4O2/c27-21(14-16-15-23-20-9-5-4-8-19(16)20)24-18-10-12-26(13-11-18)22(28)25-17-6-2-1-3-7-17/h1-9,15,18,23H,10-14H2,(H,24,27)(H,25,28). The second-order valence-corrected chi connectivity index (χ2v) is 7.16. The average Bonchev–Trinajstić information content (AvgIpc) is 3.12. The van der Waals surface area contributed by atoms with Gasteiger partial charge in [0.25, 0.3) is 0 Å². The quantitative estimate of drug-likeness (QED) is 0.651. The fourth-order valence-corrected chi connectivity index (χ4v) is 3.68. The third-order valence-electron chi connectivity index (χ3n) is 5.20. The first-order chi connectivity index (χ1) is 13.7. The number of piperidine rings is 1. The third kappa shape index (κ3) is 4.17. The van der Waals surface area contributed by atoms with Crippen molar-refractivity contribution in [3.05, 3.63) is 66.4 Å². The maximum absolute atomic E-state index is 12.5. The molecule has 2 aromatic carbocycles. The SMILES string of the molecule is O=C(Cc1c[nH]c2ccccc12)NC1CCN(C(=O)Nc2ccccc2)CC1. The number of urea groups is 1. The zero-order valence-corrected chi connectivity index (χ0v) is 15.7. The molecule has 0 aliphatic carbocycles. The number of anilines is 1. The van der Waals surface area contributed by atoms with Crippen molar-refractivity contribution in [2.45, 2.75) is 25.3 Å². The predicted octanol–water partition coefficient (Wildman–Crippen LogP) is 3.52. The van der Waals surface area contributed by atoms with Crippen LogP contribution in [0.1, 0.15) is 18.4 Å². The lowest BCUT2D eigenvalue weighted by atomic mass is 10.0. The number of carbonyl (C=O) groups is 2. The van der Waals surface area contributed by atoms with Crippen LogP contribution in [0.2, 0.25) is 0 Å². The minimum atomic E-state index is -0.0882. The third-order valence-corrected chi connectivity index (χ3v) is 5.20. The molecule has 4 rings (SSSR count). The van der Waals surface area contributed by atoms with E-state index in [2.05, 4.69) is 15.6 Å². The van der Waals surface area contributed by atoms with Crippen molar-refractivity contribution in [3.63, 3.8) is 0 Å². The lowest BCUT2D eigenvalue weighted by Crippen LogP contribution is -2.48. The Morgan fingerprint density at radius 1 is 1.00 bits per heavy atom. The summed E-state index contributed by atoms with van der Waals surface area (Å²) in [5, 5.41) is 7.12. The van der Waals surface area contributed by atoms with Crippen LogP contribution in [0.3, 0.4) is 0 Å². The van der Waals surface area contributed by atoms with Crippen LogP contribution in [0.25, 0.3) is 10.9 Å². The monoisotopic (exact) mass is 376 g/mol. The number of hydrogen-bond acceptors (Lipinski definition) is 2. The van der Waals surface area contributed by atoms with E-state index in [9.17, 15) is 9.59 Å². The maximum Gasteiger partial charge on any atom is 0.321 e. The molecule has 1 saturated heterocycles. The highest BCUT2D eigenvalue weighted by Gasteiger charge is 2.24. The van der Waals surface area contributed by atoms with Crippen LogP contribution < -0.4 is 10.6 Å². The predicted molar refractivity (Wildman–Crippen MR) is 110 cm³/mol. The highest BCUT2D eigenvalue weighted by Crippen LogP contribution is 2.19. The minimum absolute atomic E-state index is 0.0249. The molecule has 0 atom stereocenters. The molecule has 6 heteroatoms. The van der Waals surface area contributed by atoms with Crippen molar-refractivity contribution >= 4 is 28.5 Å². The summed E-state index contributed by atoms with van der Waals surface area (Å²) >= 11 is 0. The lowest BCUT2D eigenvalue weighted by Gasteiger charge is -2.32. The van der Waals surface area contributed by atoms with Gasteiger partial charge in [-0.2, -0.15) is 0 Å². The molecule has 3 aromatic rings. The van der Waals surface area contributed by atoms with Gasteiger partial charge in [0.05, 0.1) is 6.42 Å². The molecule has 1 aliphatic heterocycles. The van der Waals surface area contributed by atoms with Gasteiger partial charge in [0.2, 0.25) is 5.91 Å². The van der Waals surface area contributed by atoms with Gasteiger partial charge in [-0.1, -0.05) is 36.4 Å². The van der Waals surface area contributed by atoms with Gasteiger partial charge in [0, 0.05) is 41.9 Å². The number of nitrogens with one attached hydrogen (secondary N) is 3. The number of carbonyl (C=O) groups excluding carboxylic acids is 2. The second-order valence-electron chi connectivity index (χ2n) is 7.16. The molecule has 2 heterocycles. The normalized spacial score (nSPS) is 14.8. The largest absolute Gasteiger partial charge is 0.361 e. The van der Waals surface area contributed by atoms with E-state index in [1.807, 2.05) is 60.8 Å². The Balaban J connectivity index is 1.26. The van der Waals surface area contributed by atoms with E-state index in [1.165, 1.54) is 0 Å². The van der Waals surface area contributed by atoms with Gasteiger partial charge in [-0.05, 0) is 36.6 Å². The molecule has 6 nitrogen and oxygen atoms in total. The fourth-order valence-electron chi connectivity index (χ4n) is 3.68. The van der Waals surface area contributed by atoms with E-state index >= 15 is 0 Å². The zero-order chi connectivity index (χ0) is 19.3. The number of aromatic amines is 1. The van der Waals surface area contributed by atoms with Crippen LogP contribution in [-0.4, -0.2) is 41.0 Å². The van der Waals surface area contributed by atoms with Crippen molar-refractivity contribution in [2.75, 3.05) is 18.4 Å². The van der Waals surface area contributed by atoms with Gasteiger partial charge < -0.3 is 20.5 Å².